The van der Waals surface area contributed by atoms with Gasteiger partial charge in [0.25, 0.3) is 0 Å². The van der Waals surface area contributed by atoms with Crippen LogP contribution in [-0.2, 0) is 0 Å². The molecule has 0 aromatic carbocycles. The van der Waals surface area contributed by atoms with E-state index in [-0.39, 0.29) is 0 Å². The van der Waals surface area contributed by atoms with Crippen molar-refractivity contribution >= 4 is 8.07 Å². The number of hydrogen-bond donors (Lipinski definition) is 0. The predicted octanol–water partition coefficient (Wildman–Crippen LogP) is 20.3. The van der Waals surface area contributed by atoms with Gasteiger partial charge in [0, 0.05) is 0 Å². The summed E-state index contributed by atoms with van der Waals surface area (Å²) in [4.78, 5) is 0. The van der Waals surface area contributed by atoms with Crippen LogP contribution in [0.25, 0.3) is 0 Å². The molecule has 0 aromatic rings. The molecule has 52 heavy (non-hydrogen) atoms. The van der Waals surface area contributed by atoms with E-state index in [1.807, 2.05) is 0 Å². The minimum absolute atomic E-state index is 1.10. The van der Waals surface area contributed by atoms with Gasteiger partial charge in [0.1, 0.15) is 0 Å². The first-order chi connectivity index (χ1) is 25.7. The smallest absolute Gasteiger partial charge is 0.0535 e. The third kappa shape index (κ3) is 39.9. The topological polar surface area (TPSA) is 0 Å². The zero-order chi connectivity index (χ0) is 37.7. The van der Waals surface area contributed by atoms with Crippen molar-refractivity contribution in [3.8, 4) is 0 Å². The maximum atomic E-state index is 2.52. The van der Waals surface area contributed by atoms with E-state index in [9.17, 15) is 0 Å². The highest BCUT2D eigenvalue weighted by Crippen LogP contribution is 2.34. The Bertz CT molecular complexity index is 533. The molecule has 314 valence electrons. The minimum Gasteiger partial charge on any atom is -0.0657 e. The van der Waals surface area contributed by atoms with Crippen LogP contribution < -0.4 is 0 Å². The van der Waals surface area contributed by atoms with Gasteiger partial charge in [0.05, 0.1) is 8.07 Å². The number of rotatable bonds is 47. The summed E-state index contributed by atoms with van der Waals surface area (Å²) < 4.78 is 0. The lowest BCUT2D eigenvalue weighted by Crippen LogP contribution is -2.33. The van der Waals surface area contributed by atoms with E-state index in [4.69, 9.17) is 0 Å². The van der Waals surface area contributed by atoms with Crippen molar-refractivity contribution in [2.45, 2.75) is 328 Å². The Morgan fingerprint density at radius 3 is 0.462 bits per heavy atom. The van der Waals surface area contributed by atoms with E-state index in [1.165, 1.54) is 257 Å². The molecule has 0 heterocycles. The predicted molar refractivity (Wildman–Crippen MR) is 246 cm³/mol. The Kier molecular flexibility index (Phi) is 45.8. The van der Waals surface area contributed by atoms with Gasteiger partial charge in [-0.1, -0.05) is 328 Å². The van der Waals surface area contributed by atoms with Gasteiger partial charge in [0.15, 0.2) is 0 Å². The molecule has 0 amide bonds. The molecule has 0 saturated heterocycles. The van der Waals surface area contributed by atoms with Crippen LogP contribution in [0.2, 0.25) is 24.2 Å². The van der Waals surface area contributed by atoms with E-state index in [0.717, 1.165) is 0 Å². The van der Waals surface area contributed by atoms with E-state index in [1.54, 1.807) is 43.4 Å². The fourth-order valence-electron chi connectivity index (χ4n) is 9.36. The zero-order valence-corrected chi connectivity index (χ0v) is 38.7. The summed E-state index contributed by atoms with van der Waals surface area (Å²) in [7, 11) is -1.10. The SMILES string of the molecule is CCCCCCCCCCCCCCCC[Si](CCC)(CCCCCCCCCCCCCCCC)CCCCCCCCCCCCCCCC. The first-order valence-electron chi connectivity index (χ1n) is 25.7. The Morgan fingerprint density at radius 1 is 0.154 bits per heavy atom. The molecule has 0 aliphatic rings. The Hall–Kier alpha value is 0.217. The fourth-order valence-corrected chi connectivity index (χ4v) is 14.9. The molecule has 0 radical (unpaired) electrons. The summed E-state index contributed by atoms with van der Waals surface area (Å²) in [5.41, 5.74) is 0. The summed E-state index contributed by atoms with van der Waals surface area (Å²) in [6.07, 6.45) is 64.1. The average Bonchev–Trinajstić information content (AvgIpc) is 3.15. The largest absolute Gasteiger partial charge is 0.0657 e. The van der Waals surface area contributed by atoms with Crippen molar-refractivity contribution in [1.29, 1.82) is 0 Å². The van der Waals surface area contributed by atoms with Gasteiger partial charge < -0.3 is 0 Å². The van der Waals surface area contributed by atoms with Crippen LogP contribution in [-0.4, -0.2) is 8.07 Å². The van der Waals surface area contributed by atoms with Crippen molar-refractivity contribution in [1.82, 2.24) is 0 Å². The maximum absolute atomic E-state index is 2.52. The lowest BCUT2D eigenvalue weighted by Gasteiger charge is -2.32. The standard InChI is InChI=1S/C51H106Si/c1-5-9-12-15-18-21-24-27-30-33-36-39-42-45-49-52(48-8-4,50-46-43-40-37-34-31-28-25-22-19-16-13-10-6-2)51-47-44-41-38-35-32-29-26-23-20-17-14-11-7-3/h5-51H2,1-4H3. The van der Waals surface area contributed by atoms with Crippen molar-refractivity contribution in [3.63, 3.8) is 0 Å². The Morgan fingerprint density at radius 2 is 0.308 bits per heavy atom. The van der Waals surface area contributed by atoms with Gasteiger partial charge in [-0.2, -0.15) is 0 Å². The molecule has 0 atom stereocenters. The van der Waals surface area contributed by atoms with Gasteiger partial charge in [-0.15, -0.1) is 0 Å². The quantitative estimate of drug-likeness (QED) is 0.0430. The van der Waals surface area contributed by atoms with Crippen molar-refractivity contribution in [3.05, 3.63) is 0 Å². The third-order valence-corrected chi connectivity index (χ3v) is 18.8. The summed E-state index contributed by atoms with van der Waals surface area (Å²) in [5.74, 6) is 0. The Balaban J connectivity index is 4.32. The monoisotopic (exact) mass is 747 g/mol. The van der Waals surface area contributed by atoms with Gasteiger partial charge in [0.2, 0.25) is 0 Å². The van der Waals surface area contributed by atoms with Crippen molar-refractivity contribution in [2.24, 2.45) is 0 Å². The second-order valence-electron chi connectivity index (χ2n) is 18.3. The molecule has 0 saturated carbocycles. The highest BCUT2D eigenvalue weighted by atomic mass is 28.3. The summed E-state index contributed by atoms with van der Waals surface area (Å²) in [5, 5.41) is 0. The molecule has 0 nitrogen and oxygen atoms in total. The molecule has 0 aliphatic carbocycles. The molecule has 0 aliphatic heterocycles. The van der Waals surface area contributed by atoms with E-state index in [2.05, 4.69) is 27.7 Å². The highest BCUT2D eigenvalue weighted by molar-refractivity contribution is 6.79. The van der Waals surface area contributed by atoms with Gasteiger partial charge in [-0.25, -0.2) is 0 Å². The van der Waals surface area contributed by atoms with Crippen LogP contribution in [0.1, 0.15) is 304 Å². The first kappa shape index (κ1) is 52.2. The normalized spacial score (nSPS) is 12.0. The van der Waals surface area contributed by atoms with E-state index in [0.29, 0.717) is 0 Å². The van der Waals surface area contributed by atoms with Crippen LogP contribution in [0.3, 0.4) is 0 Å². The van der Waals surface area contributed by atoms with Gasteiger partial charge in [-0.3, -0.25) is 0 Å². The lowest BCUT2D eigenvalue weighted by molar-refractivity contribution is 0.535. The maximum Gasteiger partial charge on any atom is 0.0535 e. The average molecular weight is 747 g/mol. The lowest BCUT2D eigenvalue weighted by atomic mass is 10.0. The van der Waals surface area contributed by atoms with Crippen LogP contribution >= 0.6 is 0 Å². The van der Waals surface area contributed by atoms with Gasteiger partial charge in [-0.05, 0) is 0 Å². The van der Waals surface area contributed by atoms with Crippen LogP contribution in [0, 0.1) is 0 Å². The molecule has 0 bridgehead atoms. The van der Waals surface area contributed by atoms with E-state index >= 15 is 0 Å². The second-order valence-corrected chi connectivity index (χ2v) is 23.3. The molecule has 0 spiro atoms. The molecular weight excluding hydrogens is 641 g/mol. The molecule has 0 aromatic heterocycles. The molecule has 0 unspecified atom stereocenters. The summed E-state index contributed by atoms with van der Waals surface area (Å²) >= 11 is 0. The van der Waals surface area contributed by atoms with Crippen LogP contribution in [0.4, 0.5) is 0 Å². The molecule has 1 heteroatoms. The molecule has 0 N–H and O–H groups in total. The van der Waals surface area contributed by atoms with E-state index < -0.39 is 8.07 Å². The highest BCUT2D eigenvalue weighted by Gasteiger charge is 2.30. The zero-order valence-electron chi connectivity index (χ0n) is 37.7. The minimum atomic E-state index is -1.10. The van der Waals surface area contributed by atoms with Gasteiger partial charge >= 0.3 is 0 Å². The number of hydrogen-bond acceptors (Lipinski definition) is 0. The molecule has 0 rings (SSSR count). The fraction of sp³-hybridized carbons (Fsp3) is 1.00. The van der Waals surface area contributed by atoms with Crippen molar-refractivity contribution < 1.29 is 0 Å². The second kappa shape index (κ2) is 45.6. The van der Waals surface area contributed by atoms with Crippen LogP contribution in [0.5, 0.6) is 0 Å². The number of unbranched alkanes of at least 4 members (excludes halogenated alkanes) is 39. The van der Waals surface area contributed by atoms with Crippen LogP contribution in [0.15, 0.2) is 0 Å². The Labute approximate surface area is 334 Å². The molecule has 0 fully saturated rings. The van der Waals surface area contributed by atoms with Crippen molar-refractivity contribution in [2.75, 3.05) is 0 Å². The summed E-state index contributed by atoms with van der Waals surface area (Å²) in [6, 6.07) is 6.67. The summed E-state index contributed by atoms with van der Waals surface area (Å²) in [6.45, 7) is 9.50. The molecular formula is C51H106Si. The third-order valence-electron chi connectivity index (χ3n) is 13.0. The first-order valence-corrected chi connectivity index (χ1v) is 28.6.